The molecule has 2 atom stereocenters. The first-order valence-corrected chi connectivity index (χ1v) is 18.0. The Bertz CT molecular complexity index is 1480. The number of hydrogen-bond donors (Lipinski definition) is 0. The van der Waals surface area contributed by atoms with Crippen LogP contribution in [0.4, 0.5) is 0 Å². The fourth-order valence-electron chi connectivity index (χ4n) is 6.11. The maximum atomic E-state index is 13.2. The zero-order valence-corrected chi connectivity index (χ0v) is 31.4. The molecule has 2 aliphatic carbocycles. The Labute approximate surface area is 309 Å². The van der Waals surface area contributed by atoms with Gasteiger partial charge in [-0.15, -0.1) is 0 Å². The Balaban J connectivity index is 1.48. The van der Waals surface area contributed by atoms with Crippen molar-refractivity contribution >= 4 is 93.5 Å². The van der Waals surface area contributed by atoms with Crippen molar-refractivity contribution < 1.29 is 38.1 Å². The number of benzene rings is 2. The van der Waals surface area contributed by atoms with Crippen LogP contribution >= 0.6 is 69.6 Å². The van der Waals surface area contributed by atoms with Gasteiger partial charge in [0.2, 0.25) is 0 Å². The second-order valence-electron chi connectivity index (χ2n) is 12.6. The first kappa shape index (κ1) is 38.9. The molecule has 0 radical (unpaired) electrons. The number of rotatable bonds is 14. The SMILES string of the molecule is CCC1(C(C)CCOC(=O)c2c(Cl)c(Cl)cc(Cl)c2OC(=O)C(=O)Oc2c(Cl)cc(Cl)c(Cl)c2C(=O)OCCC(C)C2(CC)CC2)CC1. The molecule has 0 heterocycles. The molecule has 2 aromatic carbocycles. The summed E-state index contributed by atoms with van der Waals surface area (Å²) in [7, 11) is 0. The number of carbonyl (C=O) groups is 4. The van der Waals surface area contributed by atoms with Crippen molar-refractivity contribution in [3.8, 4) is 11.5 Å². The standard InChI is InChI=1S/C34H36Cl6O8/c1-5-33(9-10-33)17(3)7-13-45-29(41)23-25(39)19(35)15-21(37)27(23)47-31(43)32(44)48-28-22(38)16-20(36)26(40)24(28)30(42)46-14-8-18(4)34(6-2)11-12-34/h15-18H,5-14H2,1-4H3. The lowest BCUT2D eigenvalue weighted by Gasteiger charge is -2.22. The molecule has 0 amide bonds. The van der Waals surface area contributed by atoms with Crippen LogP contribution in [0, 0.1) is 22.7 Å². The normalized spacial score (nSPS) is 16.8. The van der Waals surface area contributed by atoms with E-state index in [1.807, 2.05) is 0 Å². The molecule has 0 aromatic heterocycles. The summed E-state index contributed by atoms with van der Waals surface area (Å²) < 4.78 is 21.3. The van der Waals surface area contributed by atoms with Gasteiger partial charge >= 0.3 is 23.9 Å². The van der Waals surface area contributed by atoms with Crippen LogP contribution in [0.5, 0.6) is 11.5 Å². The van der Waals surface area contributed by atoms with E-state index in [1.165, 1.54) is 0 Å². The second kappa shape index (κ2) is 15.9. The number of esters is 4. The van der Waals surface area contributed by atoms with Gasteiger partial charge < -0.3 is 18.9 Å². The summed E-state index contributed by atoms with van der Waals surface area (Å²) in [6.07, 6.45) is 7.76. The maximum absolute atomic E-state index is 13.2. The van der Waals surface area contributed by atoms with Gasteiger partial charge in [0.15, 0.2) is 11.5 Å². The molecule has 0 N–H and O–H groups in total. The largest absolute Gasteiger partial charge is 0.462 e. The topological polar surface area (TPSA) is 105 Å². The van der Waals surface area contributed by atoms with Crippen LogP contribution in [0.1, 0.15) is 99.8 Å². The minimum Gasteiger partial charge on any atom is -0.462 e. The van der Waals surface area contributed by atoms with Gasteiger partial charge in [-0.3, -0.25) is 0 Å². The molecule has 262 valence electrons. The van der Waals surface area contributed by atoms with Gasteiger partial charge in [-0.05, 0) is 73.3 Å². The Morgan fingerprint density at radius 2 is 0.958 bits per heavy atom. The highest BCUT2D eigenvalue weighted by molar-refractivity contribution is 6.47. The monoisotopic (exact) mass is 782 g/mol. The van der Waals surface area contributed by atoms with Crippen molar-refractivity contribution in [1.82, 2.24) is 0 Å². The molecule has 2 fully saturated rings. The van der Waals surface area contributed by atoms with Crippen LogP contribution in [0.25, 0.3) is 0 Å². The molecule has 2 aliphatic rings. The molecule has 2 saturated carbocycles. The van der Waals surface area contributed by atoms with Gasteiger partial charge in [-0.25, -0.2) is 19.2 Å². The van der Waals surface area contributed by atoms with E-state index < -0.39 is 46.5 Å². The summed E-state index contributed by atoms with van der Waals surface area (Å²) in [4.78, 5) is 52.3. The zero-order valence-electron chi connectivity index (χ0n) is 26.9. The molecule has 0 spiro atoms. The van der Waals surface area contributed by atoms with Crippen LogP contribution < -0.4 is 9.47 Å². The fourth-order valence-corrected chi connectivity index (χ4v) is 7.55. The highest BCUT2D eigenvalue weighted by Crippen LogP contribution is 2.56. The first-order valence-electron chi connectivity index (χ1n) is 15.7. The second-order valence-corrected chi connectivity index (χ2v) is 15.0. The van der Waals surface area contributed by atoms with E-state index in [-0.39, 0.29) is 54.2 Å². The molecule has 2 unspecified atom stereocenters. The number of ether oxygens (including phenoxy) is 4. The lowest BCUT2D eigenvalue weighted by atomic mass is 9.86. The van der Waals surface area contributed by atoms with E-state index in [0.29, 0.717) is 24.7 Å². The number of halogens is 6. The first-order chi connectivity index (χ1) is 22.6. The predicted molar refractivity (Wildman–Crippen MR) is 186 cm³/mol. The van der Waals surface area contributed by atoms with Crippen molar-refractivity contribution in [3.63, 3.8) is 0 Å². The Kier molecular flexibility index (Phi) is 12.9. The molecule has 0 bridgehead atoms. The van der Waals surface area contributed by atoms with E-state index in [9.17, 15) is 19.2 Å². The van der Waals surface area contributed by atoms with Crippen molar-refractivity contribution in [1.29, 1.82) is 0 Å². The van der Waals surface area contributed by atoms with Crippen molar-refractivity contribution in [2.75, 3.05) is 13.2 Å². The van der Waals surface area contributed by atoms with Crippen LogP contribution in [0.2, 0.25) is 30.1 Å². The summed E-state index contributed by atoms with van der Waals surface area (Å²) in [6, 6.07) is 2.26. The van der Waals surface area contributed by atoms with Gasteiger partial charge in [-0.2, -0.15) is 0 Å². The maximum Gasteiger partial charge on any atom is 0.423 e. The molecule has 14 heteroatoms. The minimum atomic E-state index is -1.64. The zero-order chi connectivity index (χ0) is 35.6. The van der Waals surface area contributed by atoms with Gasteiger partial charge in [0, 0.05) is 0 Å². The third-order valence-electron chi connectivity index (χ3n) is 10.1. The van der Waals surface area contributed by atoms with Crippen molar-refractivity contribution in [3.05, 3.63) is 53.4 Å². The Morgan fingerprint density at radius 3 is 1.25 bits per heavy atom. The third-order valence-corrected chi connectivity index (χ3v) is 12.2. The Hall–Kier alpha value is -1.94. The molecule has 48 heavy (non-hydrogen) atoms. The number of carbonyl (C=O) groups excluding carboxylic acids is 4. The average molecular weight is 785 g/mol. The average Bonchev–Trinajstić information content (AvgIpc) is 3.97. The lowest BCUT2D eigenvalue weighted by Crippen LogP contribution is -2.27. The highest BCUT2D eigenvalue weighted by atomic mass is 35.5. The summed E-state index contributed by atoms with van der Waals surface area (Å²) in [5, 5.41) is -1.46. The van der Waals surface area contributed by atoms with E-state index in [0.717, 1.165) is 50.7 Å². The van der Waals surface area contributed by atoms with Crippen LogP contribution in [-0.2, 0) is 19.1 Å². The van der Waals surface area contributed by atoms with Crippen LogP contribution in [0.3, 0.4) is 0 Å². The summed E-state index contributed by atoms with van der Waals surface area (Å²) >= 11 is 37.5. The van der Waals surface area contributed by atoms with E-state index >= 15 is 0 Å². The summed E-state index contributed by atoms with van der Waals surface area (Å²) in [5.74, 6) is -5.73. The smallest absolute Gasteiger partial charge is 0.423 e. The molecule has 8 nitrogen and oxygen atoms in total. The van der Waals surface area contributed by atoms with Gasteiger partial charge in [0.25, 0.3) is 0 Å². The highest BCUT2D eigenvalue weighted by Gasteiger charge is 2.46. The molecular weight excluding hydrogens is 749 g/mol. The van der Waals surface area contributed by atoms with Crippen molar-refractivity contribution in [2.45, 2.75) is 79.1 Å². The van der Waals surface area contributed by atoms with E-state index in [4.69, 9.17) is 88.6 Å². The predicted octanol–water partition coefficient (Wildman–Crippen LogP) is 10.9. The van der Waals surface area contributed by atoms with Gasteiger partial charge in [-0.1, -0.05) is 110 Å². The van der Waals surface area contributed by atoms with Crippen LogP contribution in [0.15, 0.2) is 12.1 Å². The molecule has 0 aliphatic heterocycles. The summed E-state index contributed by atoms with van der Waals surface area (Å²) in [6.45, 7) is 8.60. The molecule has 2 aromatic rings. The van der Waals surface area contributed by atoms with E-state index in [1.54, 1.807) is 0 Å². The van der Waals surface area contributed by atoms with E-state index in [2.05, 4.69) is 27.7 Å². The molecular formula is C34H36Cl6O8. The molecule has 0 saturated heterocycles. The quantitative estimate of drug-likeness (QED) is 0.0807. The van der Waals surface area contributed by atoms with Gasteiger partial charge in [0.05, 0.1) is 43.3 Å². The van der Waals surface area contributed by atoms with Crippen LogP contribution in [-0.4, -0.2) is 37.1 Å². The van der Waals surface area contributed by atoms with Crippen molar-refractivity contribution in [2.24, 2.45) is 22.7 Å². The summed E-state index contributed by atoms with van der Waals surface area (Å²) in [5.41, 5.74) is -0.404. The number of hydrogen-bond acceptors (Lipinski definition) is 8. The fraction of sp³-hybridized carbons (Fsp3) is 0.529. The lowest BCUT2D eigenvalue weighted by molar-refractivity contribution is -0.156. The van der Waals surface area contributed by atoms with Gasteiger partial charge in [0.1, 0.15) is 11.1 Å². The minimum absolute atomic E-state index is 0.0602. The third kappa shape index (κ3) is 8.50. The molecule has 4 rings (SSSR count). The Morgan fingerprint density at radius 1 is 0.625 bits per heavy atom.